The van der Waals surface area contributed by atoms with E-state index in [9.17, 15) is 4.79 Å². The molecule has 112 valence electrons. The van der Waals surface area contributed by atoms with Gasteiger partial charge in [0.1, 0.15) is 11.6 Å². The number of aryl methyl sites for hydroxylation is 1. The smallest absolute Gasteiger partial charge is 0.295 e. The molecule has 0 unspecified atom stereocenters. The van der Waals surface area contributed by atoms with Gasteiger partial charge in [-0.3, -0.25) is 9.89 Å². The summed E-state index contributed by atoms with van der Waals surface area (Å²) in [5, 5.41) is 9.88. The number of hydrogen-bond donors (Lipinski definition) is 2. The number of aromatic amines is 1. The first-order valence-corrected chi connectivity index (χ1v) is 7.16. The second kappa shape index (κ2) is 7.08. The van der Waals surface area contributed by atoms with Crippen molar-refractivity contribution in [3.63, 3.8) is 0 Å². The van der Waals surface area contributed by atoms with Gasteiger partial charge in [-0.05, 0) is 31.5 Å². The molecule has 0 atom stereocenters. The van der Waals surface area contributed by atoms with E-state index in [0.717, 1.165) is 12.8 Å². The standard InChI is InChI=1S/C14H17ClN4O2/c1-3-5-12-17-13(19-18-12)14(20)16-10-8-9(15)6-7-11(10)21-4-2/h6-8H,3-5H2,1-2H3,(H,16,20)(H,17,18,19). The molecule has 2 rings (SSSR count). The normalized spacial score (nSPS) is 10.4. The van der Waals surface area contributed by atoms with Crippen molar-refractivity contribution < 1.29 is 9.53 Å². The number of halogens is 1. The van der Waals surface area contributed by atoms with Crippen LogP contribution in [0.25, 0.3) is 0 Å². The first kappa shape index (κ1) is 15.3. The molecule has 6 nitrogen and oxygen atoms in total. The monoisotopic (exact) mass is 308 g/mol. The largest absolute Gasteiger partial charge is 0.492 e. The number of hydrogen-bond acceptors (Lipinski definition) is 4. The van der Waals surface area contributed by atoms with Gasteiger partial charge < -0.3 is 10.1 Å². The van der Waals surface area contributed by atoms with Crippen LogP contribution in [0.1, 0.15) is 36.7 Å². The molecule has 1 aromatic carbocycles. The van der Waals surface area contributed by atoms with Gasteiger partial charge in [0.05, 0.1) is 12.3 Å². The van der Waals surface area contributed by atoms with Gasteiger partial charge in [-0.2, -0.15) is 0 Å². The average molecular weight is 309 g/mol. The molecule has 21 heavy (non-hydrogen) atoms. The van der Waals surface area contributed by atoms with Gasteiger partial charge in [0.15, 0.2) is 0 Å². The molecule has 0 aliphatic carbocycles. The zero-order valence-electron chi connectivity index (χ0n) is 11.9. The molecule has 0 aliphatic heterocycles. The Hall–Kier alpha value is -2.08. The van der Waals surface area contributed by atoms with Crippen LogP contribution in [-0.2, 0) is 6.42 Å². The molecule has 1 aromatic heterocycles. The third kappa shape index (κ3) is 3.95. The van der Waals surface area contributed by atoms with E-state index < -0.39 is 5.91 Å². The number of anilines is 1. The Kier molecular flexibility index (Phi) is 5.16. The molecule has 0 saturated heterocycles. The number of carbonyl (C=O) groups excluding carboxylic acids is 1. The maximum absolute atomic E-state index is 12.1. The topological polar surface area (TPSA) is 79.9 Å². The summed E-state index contributed by atoms with van der Waals surface area (Å²) in [4.78, 5) is 16.3. The van der Waals surface area contributed by atoms with E-state index in [1.165, 1.54) is 0 Å². The van der Waals surface area contributed by atoms with Crippen LogP contribution < -0.4 is 10.1 Å². The molecule has 1 heterocycles. The van der Waals surface area contributed by atoms with E-state index in [1.807, 2.05) is 13.8 Å². The third-order valence-corrected chi connectivity index (χ3v) is 2.95. The SMILES string of the molecule is CCCc1nc(C(=O)Nc2cc(Cl)ccc2OCC)n[nH]1. The maximum atomic E-state index is 12.1. The lowest BCUT2D eigenvalue weighted by molar-refractivity contribution is 0.101. The average Bonchev–Trinajstić information content (AvgIpc) is 2.91. The first-order valence-electron chi connectivity index (χ1n) is 6.79. The minimum atomic E-state index is -0.406. The van der Waals surface area contributed by atoms with Crippen LogP contribution in [0.2, 0.25) is 5.02 Å². The molecule has 0 fully saturated rings. The Bertz CT molecular complexity index is 627. The highest BCUT2D eigenvalue weighted by Crippen LogP contribution is 2.28. The van der Waals surface area contributed by atoms with Crippen molar-refractivity contribution in [1.82, 2.24) is 15.2 Å². The first-order chi connectivity index (χ1) is 10.1. The molecular weight excluding hydrogens is 292 g/mol. The van der Waals surface area contributed by atoms with Gasteiger partial charge in [0.25, 0.3) is 5.91 Å². The summed E-state index contributed by atoms with van der Waals surface area (Å²) < 4.78 is 5.45. The Labute approximate surface area is 127 Å². The van der Waals surface area contributed by atoms with E-state index in [-0.39, 0.29) is 5.82 Å². The zero-order chi connectivity index (χ0) is 15.2. The molecule has 2 aromatic rings. The molecule has 0 saturated carbocycles. The molecule has 2 N–H and O–H groups in total. The number of nitrogens with zero attached hydrogens (tertiary/aromatic N) is 2. The number of aromatic nitrogens is 3. The fraction of sp³-hybridized carbons (Fsp3) is 0.357. The van der Waals surface area contributed by atoms with Crippen LogP contribution in [0.5, 0.6) is 5.75 Å². The highest BCUT2D eigenvalue weighted by atomic mass is 35.5. The number of ether oxygens (including phenoxy) is 1. The Morgan fingerprint density at radius 3 is 2.95 bits per heavy atom. The van der Waals surface area contributed by atoms with Crippen LogP contribution >= 0.6 is 11.6 Å². The Morgan fingerprint density at radius 2 is 2.24 bits per heavy atom. The van der Waals surface area contributed by atoms with Gasteiger partial charge in [-0.15, -0.1) is 5.10 Å². The van der Waals surface area contributed by atoms with E-state index in [1.54, 1.807) is 18.2 Å². The summed E-state index contributed by atoms with van der Waals surface area (Å²) in [6, 6.07) is 5.04. The van der Waals surface area contributed by atoms with Crippen molar-refractivity contribution in [2.24, 2.45) is 0 Å². The van der Waals surface area contributed by atoms with E-state index >= 15 is 0 Å². The number of amides is 1. The molecule has 1 amide bonds. The predicted molar refractivity (Wildman–Crippen MR) is 81.0 cm³/mol. The van der Waals surface area contributed by atoms with Crippen LogP contribution in [0.15, 0.2) is 18.2 Å². The predicted octanol–water partition coefficient (Wildman–Crippen LogP) is 3.06. The minimum absolute atomic E-state index is 0.0980. The Balaban J connectivity index is 2.16. The molecular formula is C14H17ClN4O2. The van der Waals surface area contributed by atoms with Gasteiger partial charge in [0, 0.05) is 11.4 Å². The van der Waals surface area contributed by atoms with Crippen molar-refractivity contribution in [1.29, 1.82) is 0 Å². The summed E-state index contributed by atoms with van der Waals surface area (Å²) >= 11 is 5.95. The number of nitrogens with one attached hydrogen (secondary N) is 2. The van der Waals surface area contributed by atoms with Crippen molar-refractivity contribution in [2.45, 2.75) is 26.7 Å². The lowest BCUT2D eigenvalue weighted by Gasteiger charge is -2.10. The van der Waals surface area contributed by atoms with Gasteiger partial charge in [-0.25, -0.2) is 4.98 Å². The molecule has 0 spiro atoms. The molecule has 7 heteroatoms. The van der Waals surface area contributed by atoms with Crippen molar-refractivity contribution in [3.8, 4) is 5.75 Å². The van der Waals surface area contributed by atoms with Crippen molar-refractivity contribution in [2.75, 3.05) is 11.9 Å². The summed E-state index contributed by atoms with van der Waals surface area (Å²) in [6.45, 7) is 4.39. The second-order valence-electron chi connectivity index (χ2n) is 4.38. The van der Waals surface area contributed by atoms with Crippen LogP contribution in [0.3, 0.4) is 0 Å². The van der Waals surface area contributed by atoms with Gasteiger partial charge >= 0.3 is 0 Å². The van der Waals surface area contributed by atoms with Crippen LogP contribution in [-0.4, -0.2) is 27.7 Å². The minimum Gasteiger partial charge on any atom is -0.492 e. The molecule has 0 aliphatic rings. The van der Waals surface area contributed by atoms with E-state index in [4.69, 9.17) is 16.3 Å². The number of H-pyrrole nitrogens is 1. The highest BCUT2D eigenvalue weighted by Gasteiger charge is 2.15. The summed E-state index contributed by atoms with van der Waals surface area (Å²) in [5.41, 5.74) is 0.496. The molecule has 0 bridgehead atoms. The quantitative estimate of drug-likeness (QED) is 0.859. The number of rotatable bonds is 6. The summed E-state index contributed by atoms with van der Waals surface area (Å²) in [7, 11) is 0. The van der Waals surface area contributed by atoms with Crippen molar-refractivity contribution >= 4 is 23.2 Å². The van der Waals surface area contributed by atoms with Gasteiger partial charge in [-0.1, -0.05) is 18.5 Å². The summed E-state index contributed by atoms with van der Waals surface area (Å²) in [6.07, 6.45) is 1.68. The third-order valence-electron chi connectivity index (χ3n) is 2.71. The van der Waals surface area contributed by atoms with E-state index in [2.05, 4.69) is 20.5 Å². The highest BCUT2D eigenvalue weighted by molar-refractivity contribution is 6.31. The van der Waals surface area contributed by atoms with Crippen LogP contribution in [0, 0.1) is 0 Å². The zero-order valence-corrected chi connectivity index (χ0v) is 12.7. The maximum Gasteiger partial charge on any atom is 0.295 e. The Morgan fingerprint density at radius 1 is 1.43 bits per heavy atom. The fourth-order valence-corrected chi connectivity index (χ4v) is 1.98. The van der Waals surface area contributed by atoms with Crippen LogP contribution in [0.4, 0.5) is 5.69 Å². The fourth-order valence-electron chi connectivity index (χ4n) is 1.80. The van der Waals surface area contributed by atoms with Gasteiger partial charge in [0.2, 0.25) is 5.82 Å². The second-order valence-corrected chi connectivity index (χ2v) is 4.82. The lowest BCUT2D eigenvalue weighted by atomic mass is 10.3. The summed E-state index contributed by atoms with van der Waals surface area (Å²) in [5.74, 6) is 0.941. The van der Waals surface area contributed by atoms with Crippen molar-refractivity contribution in [3.05, 3.63) is 34.9 Å². The number of carbonyl (C=O) groups is 1. The molecule has 0 radical (unpaired) electrons. The lowest BCUT2D eigenvalue weighted by Crippen LogP contribution is -2.14. The van der Waals surface area contributed by atoms with E-state index in [0.29, 0.717) is 28.9 Å². The number of benzene rings is 1.